The molecule has 0 radical (unpaired) electrons. The molecule has 1 atom stereocenters. The van der Waals surface area contributed by atoms with Crippen LogP contribution in [-0.4, -0.2) is 20.6 Å². The molecule has 0 aliphatic heterocycles. The van der Waals surface area contributed by atoms with E-state index in [1.165, 1.54) is 10.9 Å². The van der Waals surface area contributed by atoms with Crippen LogP contribution in [0.15, 0.2) is 59.9 Å². The summed E-state index contributed by atoms with van der Waals surface area (Å²) in [5, 5.41) is 4.24. The number of aryl methyl sites for hydroxylation is 1. The van der Waals surface area contributed by atoms with Gasteiger partial charge in [-0.25, -0.2) is 9.37 Å². The molecule has 1 N–H and O–H groups in total. The third-order valence-corrected chi connectivity index (χ3v) is 6.84. The topological polar surface area (TPSA) is 59.8 Å². The average molecular weight is 421 g/mol. The summed E-state index contributed by atoms with van der Waals surface area (Å²) in [5.41, 5.74) is 2.86. The van der Waals surface area contributed by atoms with Gasteiger partial charge in [0, 0.05) is 35.4 Å². The Morgan fingerprint density at radius 3 is 2.87 bits per heavy atom. The van der Waals surface area contributed by atoms with Crippen LogP contribution in [0.25, 0.3) is 10.2 Å². The summed E-state index contributed by atoms with van der Waals surface area (Å²) in [5.74, 6) is -0.178. The maximum atomic E-state index is 13.9. The second-order valence-electron chi connectivity index (χ2n) is 7.63. The van der Waals surface area contributed by atoms with Crippen LogP contribution in [-0.2, 0) is 25.9 Å². The fourth-order valence-corrected chi connectivity index (χ4v) is 5.33. The van der Waals surface area contributed by atoms with Crippen LogP contribution in [0.2, 0.25) is 0 Å². The Kier molecular flexibility index (Phi) is 5.14. The van der Waals surface area contributed by atoms with Gasteiger partial charge in [0.05, 0.1) is 18.3 Å². The molecule has 7 heteroatoms. The van der Waals surface area contributed by atoms with Gasteiger partial charge in [0.25, 0.3) is 5.56 Å². The first-order valence-corrected chi connectivity index (χ1v) is 10.9. The Balaban J connectivity index is 1.37. The van der Waals surface area contributed by atoms with Gasteiger partial charge in [-0.05, 0) is 48.6 Å². The van der Waals surface area contributed by atoms with E-state index in [0.29, 0.717) is 18.7 Å². The number of hydrogen-bond donors (Lipinski definition) is 1. The molecule has 152 valence electrons. The number of rotatable bonds is 5. The highest BCUT2D eigenvalue weighted by atomic mass is 32.1. The molecule has 0 saturated heterocycles. The van der Waals surface area contributed by atoms with Crippen molar-refractivity contribution in [2.75, 3.05) is 0 Å². The summed E-state index contributed by atoms with van der Waals surface area (Å²) in [6.45, 7) is 0.996. The van der Waals surface area contributed by atoms with Crippen molar-refractivity contribution in [3.63, 3.8) is 0 Å². The van der Waals surface area contributed by atoms with Crippen molar-refractivity contribution in [1.29, 1.82) is 0 Å². The molecule has 1 aliphatic rings. The Morgan fingerprint density at radius 2 is 2.03 bits per heavy atom. The van der Waals surface area contributed by atoms with Crippen LogP contribution >= 0.6 is 11.3 Å². The SMILES string of the molecule is O=c1c2c3c(sc2ncn1Cc1ccncc1)CC(NCc1ccccc1F)CC3. The molecule has 4 aromatic rings. The van der Waals surface area contributed by atoms with Crippen LogP contribution in [0.4, 0.5) is 4.39 Å². The van der Waals surface area contributed by atoms with Gasteiger partial charge < -0.3 is 5.32 Å². The minimum absolute atomic E-state index is 0.0204. The van der Waals surface area contributed by atoms with E-state index < -0.39 is 0 Å². The van der Waals surface area contributed by atoms with E-state index in [4.69, 9.17) is 0 Å². The molecule has 1 aromatic carbocycles. The van der Waals surface area contributed by atoms with Gasteiger partial charge in [-0.3, -0.25) is 14.3 Å². The number of nitrogens with zero attached hydrogens (tertiary/aromatic N) is 3. The molecule has 1 aliphatic carbocycles. The first-order valence-electron chi connectivity index (χ1n) is 10.0. The monoisotopic (exact) mass is 420 g/mol. The maximum Gasteiger partial charge on any atom is 0.262 e. The van der Waals surface area contributed by atoms with E-state index in [1.54, 1.807) is 40.7 Å². The van der Waals surface area contributed by atoms with Crippen LogP contribution < -0.4 is 10.9 Å². The zero-order valence-electron chi connectivity index (χ0n) is 16.3. The summed E-state index contributed by atoms with van der Waals surface area (Å²) in [6, 6.07) is 10.9. The molecule has 0 spiro atoms. The smallest absolute Gasteiger partial charge is 0.262 e. The molecule has 0 amide bonds. The number of halogens is 1. The Morgan fingerprint density at radius 1 is 1.20 bits per heavy atom. The Labute approximate surface area is 177 Å². The fourth-order valence-electron chi connectivity index (χ4n) is 4.07. The zero-order valence-corrected chi connectivity index (χ0v) is 17.2. The van der Waals surface area contributed by atoms with Gasteiger partial charge >= 0.3 is 0 Å². The van der Waals surface area contributed by atoms with E-state index >= 15 is 0 Å². The highest BCUT2D eigenvalue weighted by Crippen LogP contribution is 2.33. The normalized spacial score (nSPS) is 16.0. The van der Waals surface area contributed by atoms with Crippen LogP contribution in [0.3, 0.4) is 0 Å². The summed E-state index contributed by atoms with van der Waals surface area (Å²) in [4.78, 5) is 23.8. The lowest BCUT2D eigenvalue weighted by Crippen LogP contribution is -2.34. The number of aromatic nitrogens is 3. The number of benzene rings is 1. The standard InChI is InChI=1S/C23H21FN4OS/c24-19-4-2-1-3-16(19)12-26-17-5-6-18-20(11-17)30-22-21(18)23(29)28(14-27-22)13-15-7-9-25-10-8-15/h1-4,7-10,14,17,26H,5-6,11-13H2. The maximum absolute atomic E-state index is 13.9. The molecule has 3 aromatic heterocycles. The molecule has 0 bridgehead atoms. The predicted molar refractivity (Wildman–Crippen MR) is 116 cm³/mol. The Bertz CT molecular complexity index is 1250. The van der Waals surface area contributed by atoms with Gasteiger partial charge in [0.15, 0.2) is 0 Å². The molecule has 3 heterocycles. The quantitative estimate of drug-likeness (QED) is 0.535. The molecule has 5 nitrogen and oxygen atoms in total. The van der Waals surface area contributed by atoms with Crippen molar-refractivity contribution in [1.82, 2.24) is 19.9 Å². The predicted octanol–water partition coefficient (Wildman–Crippen LogP) is 3.69. The minimum Gasteiger partial charge on any atom is -0.309 e. The highest BCUT2D eigenvalue weighted by molar-refractivity contribution is 7.18. The number of hydrogen-bond acceptors (Lipinski definition) is 5. The van der Waals surface area contributed by atoms with Gasteiger partial charge in [-0.15, -0.1) is 11.3 Å². The van der Waals surface area contributed by atoms with Crippen LogP contribution in [0.1, 0.15) is 28.0 Å². The summed E-state index contributed by atoms with van der Waals surface area (Å²) < 4.78 is 15.5. The lowest BCUT2D eigenvalue weighted by molar-refractivity contribution is 0.456. The van der Waals surface area contributed by atoms with Gasteiger partial charge in [0.2, 0.25) is 0 Å². The van der Waals surface area contributed by atoms with Crippen molar-refractivity contribution in [2.24, 2.45) is 0 Å². The molecule has 0 saturated carbocycles. The van der Waals surface area contributed by atoms with Crippen molar-refractivity contribution >= 4 is 21.6 Å². The molecular formula is C23H21FN4OS. The second kappa shape index (κ2) is 8.08. The zero-order chi connectivity index (χ0) is 20.5. The van der Waals surface area contributed by atoms with E-state index in [0.717, 1.165) is 40.6 Å². The van der Waals surface area contributed by atoms with E-state index in [-0.39, 0.29) is 17.4 Å². The summed E-state index contributed by atoms with van der Waals surface area (Å²) in [7, 11) is 0. The number of pyridine rings is 1. The largest absolute Gasteiger partial charge is 0.309 e. The third-order valence-electron chi connectivity index (χ3n) is 5.68. The first kappa shape index (κ1) is 19.1. The Hall–Kier alpha value is -2.90. The first-order chi connectivity index (χ1) is 14.7. The summed E-state index contributed by atoms with van der Waals surface area (Å²) >= 11 is 1.61. The van der Waals surface area contributed by atoms with Crippen LogP contribution in [0.5, 0.6) is 0 Å². The molecule has 1 unspecified atom stereocenters. The van der Waals surface area contributed by atoms with E-state index in [9.17, 15) is 9.18 Å². The third kappa shape index (κ3) is 3.66. The number of nitrogens with one attached hydrogen (secondary N) is 1. The fraction of sp³-hybridized carbons (Fsp3) is 0.261. The molecular weight excluding hydrogens is 399 g/mol. The molecule has 0 fully saturated rings. The van der Waals surface area contributed by atoms with E-state index in [1.807, 2.05) is 24.3 Å². The lowest BCUT2D eigenvalue weighted by Gasteiger charge is -2.23. The molecule has 5 rings (SSSR count). The van der Waals surface area contributed by atoms with Gasteiger partial charge in [-0.2, -0.15) is 0 Å². The van der Waals surface area contributed by atoms with E-state index in [2.05, 4.69) is 15.3 Å². The van der Waals surface area contributed by atoms with Crippen molar-refractivity contribution < 1.29 is 4.39 Å². The second-order valence-corrected chi connectivity index (χ2v) is 8.71. The number of fused-ring (bicyclic) bond motifs is 3. The number of thiophene rings is 1. The van der Waals surface area contributed by atoms with Gasteiger partial charge in [0.1, 0.15) is 10.6 Å². The summed E-state index contributed by atoms with van der Waals surface area (Å²) in [6.07, 6.45) is 7.70. The average Bonchev–Trinajstić information content (AvgIpc) is 3.14. The molecule has 30 heavy (non-hydrogen) atoms. The minimum atomic E-state index is -0.178. The highest BCUT2D eigenvalue weighted by Gasteiger charge is 2.25. The van der Waals surface area contributed by atoms with Gasteiger partial charge in [-0.1, -0.05) is 18.2 Å². The van der Waals surface area contributed by atoms with Crippen molar-refractivity contribution in [2.45, 2.75) is 38.4 Å². The van der Waals surface area contributed by atoms with Crippen LogP contribution in [0, 0.1) is 5.82 Å². The van der Waals surface area contributed by atoms with Crippen molar-refractivity contribution in [3.05, 3.63) is 92.9 Å². The van der Waals surface area contributed by atoms with Crippen molar-refractivity contribution in [3.8, 4) is 0 Å². The lowest BCUT2D eigenvalue weighted by atomic mass is 9.93.